The highest BCUT2D eigenvalue weighted by Gasteiger charge is 2.30. The van der Waals surface area contributed by atoms with Gasteiger partial charge < -0.3 is 14.7 Å². The van der Waals surface area contributed by atoms with Crippen LogP contribution in [0.15, 0.2) is 4.52 Å². The fourth-order valence-electron chi connectivity index (χ4n) is 4.67. The molecule has 1 aromatic rings. The number of aromatic nitrogens is 1. The van der Waals surface area contributed by atoms with Crippen molar-refractivity contribution >= 4 is 5.91 Å². The van der Waals surface area contributed by atoms with Crippen LogP contribution >= 0.6 is 0 Å². The monoisotopic (exact) mass is 390 g/mol. The third-order valence-electron chi connectivity index (χ3n) is 6.09. The summed E-state index contributed by atoms with van der Waals surface area (Å²) < 4.78 is 5.42. The molecule has 28 heavy (non-hydrogen) atoms. The molecule has 0 spiro atoms. The maximum Gasteiger partial charge on any atom is 0.274 e. The highest BCUT2D eigenvalue weighted by atomic mass is 16.5. The van der Waals surface area contributed by atoms with Crippen molar-refractivity contribution in [2.24, 2.45) is 5.92 Å². The molecule has 3 rings (SSSR count). The van der Waals surface area contributed by atoms with E-state index in [1.165, 1.54) is 38.5 Å². The van der Waals surface area contributed by atoms with Gasteiger partial charge in [-0.3, -0.25) is 9.69 Å². The summed E-state index contributed by atoms with van der Waals surface area (Å²) in [5.41, 5.74) is 1.10. The Kier molecular flexibility index (Phi) is 7.15. The molecule has 2 aliphatic heterocycles. The van der Waals surface area contributed by atoms with Gasteiger partial charge in [-0.25, -0.2) is 0 Å². The number of aryl methyl sites for hydroxylation is 1. The van der Waals surface area contributed by atoms with Crippen molar-refractivity contribution in [3.05, 3.63) is 17.0 Å². The van der Waals surface area contributed by atoms with E-state index < -0.39 is 0 Å². The summed E-state index contributed by atoms with van der Waals surface area (Å²) in [4.78, 5) is 17.9. The first-order valence-corrected chi connectivity index (χ1v) is 11.1. The molecule has 0 saturated carbocycles. The van der Waals surface area contributed by atoms with Crippen molar-refractivity contribution in [1.29, 1.82) is 0 Å². The number of hydrogen-bond acceptors (Lipinski definition) is 5. The summed E-state index contributed by atoms with van der Waals surface area (Å²) in [6.07, 6.45) is 7.61. The van der Waals surface area contributed by atoms with Crippen LogP contribution < -0.4 is 5.32 Å². The quantitative estimate of drug-likeness (QED) is 0.804. The molecule has 0 bridgehead atoms. The maximum atomic E-state index is 13.0. The highest BCUT2D eigenvalue weighted by molar-refractivity contribution is 5.94. The molecule has 1 atom stereocenters. The second kappa shape index (κ2) is 9.40. The molecular weight excluding hydrogens is 352 g/mol. The van der Waals surface area contributed by atoms with Crippen LogP contribution in [-0.2, 0) is 6.54 Å². The number of nitrogens with zero attached hydrogens (tertiary/aromatic N) is 3. The summed E-state index contributed by atoms with van der Waals surface area (Å²) in [6.45, 7) is 14.5. The van der Waals surface area contributed by atoms with Gasteiger partial charge >= 0.3 is 0 Å². The minimum Gasteiger partial charge on any atom is -0.361 e. The van der Waals surface area contributed by atoms with Crippen molar-refractivity contribution in [2.75, 3.05) is 32.7 Å². The molecular formula is C22H38N4O2. The minimum absolute atomic E-state index is 0.114. The van der Waals surface area contributed by atoms with Gasteiger partial charge in [0, 0.05) is 30.7 Å². The molecule has 6 nitrogen and oxygen atoms in total. The Balaban J connectivity index is 1.63. The molecule has 0 radical (unpaired) electrons. The van der Waals surface area contributed by atoms with E-state index in [-0.39, 0.29) is 11.4 Å². The van der Waals surface area contributed by atoms with Crippen LogP contribution in [0.3, 0.4) is 0 Å². The van der Waals surface area contributed by atoms with E-state index in [9.17, 15) is 4.79 Å². The number of amides is 1. The molecule has 2 fully saturated rings. The molecule has 158 valence electrons. The smallest absolute Gasteiger partial charge is 0.274 e. The Morgan fingerprint density at radius 2 is 1.82 bits per heavy atom. The number of likely N-dealkylation sites (tertiary alicyclic amines) is 2. The Labute approximate surface area is 170 Å². The lowest BCUT2D eigenvalue weighted by atomic mass is 9.97. The van der Waals surface area contributed by atoms with Gasteiger partial charge in [0.1, 0.15) is 5.76 Å². The summed E-state index contributed by atoms with van der Waals surface area (Å²) in [5.74, 6) is 1.38. The second-order valence-corrected chi connectivity index (χ2v) is 9.58. The molecule has 0 aliphatic carbocycles. The van der Waals surface area contributed by atoms with Crippen LogP contribution in [0.25, 0.3) is 0 Å². The van der Waals surface area contributed by atoms with Crippen molar-refractivity contribution < 1.29 is 9.32 Å². The molecule has 2 aliphatic rings. The Morgan fingerprint density at radius 3 is 2.50 bits per heavy atom. The number of rotatable bonds is 6. The molecule has 1 amide bonds. The lowest BCUT2D eigenvalue weighted by Gasteiger charge is -2.37. The van der Waals surface area contributed by atoms with E-state index in [0.29, 0.717) is 5.69 Å². The SMILES string of the molecule is Cc1onc(C(=O)NC(C)(C)CN2CCC[C@@H](C)C2)c1CN1CCCCCC1. The van der Waals surface area contributed by atoms with E-state index in [1.807, 2.05) is 6.92 Å². The third kappa shape index (κ3) is 5.80. The first-order chi connectivity index (χ1) is 13.3. The summed E-state index contributed by atoms with van der Waals surface area (Å²) >= 11 is 0. The van der Waals surface area contributed by atoms with Crippen LogP contribution in [-0.4, -0.2) is 59.1 Å². The highest BCUT2D eigenvalue weighted by Crippen LogP contribution is 2.21. The normalized spacial score (nSPS) is 22.8. The first kappa shape index (κ1) is 21.3. The average Bonchev–Trinajstić information content (AvgIpc) is 2.80. The third-order valence-corrected chi connectivity index (χ3v) is 6.09. The summed E-state index contributed by atoms with van der Waals surface area (Å²) in [7, 11) is 0. The zero-order valence-corrected chi connectivity index (χ0v) is 18.2. The van der Waals surface area contributed by atoms with Crippen molar-refractivity contribution in [1.82, 2.24) is 20.3 Å². The zero-order valence-electron chi connectivity index (χ0n) is 18.2. The maximum absolute atomic E-state index is 13.0. The number of nitrogens with one attached hydrogen (secondary N) is 1. The molecule has 1 N–H and O–H groups in total. The molecule has 0 aromatic carbocycles. The average molecular weight is 391 g/mol. The van der Waals surface area contributed by atoms with Gasteiger partial charge in [-0.15, -0.1) is 0 Å². The Bertz CT molecular complexity index is 647. The lowest BCUT2D eigenvalue weighted by Crippen LogP contribution is -2.53. The van der Waals surface area contributed by atoms with Crippen LogP contribution in [0.4, 0.5) is 0 Å². The van der Waals surface area contributed by atoms with Crippen molar-refractivity contribution in [3.63, 3.8) is 0 Å². The van der Waals surface area contributed by atoms with Gasteiger partial charge in [-0.2, -0.15) is 0 Å². The lowest BCUT2D eigenvalue weighted by molar-refractivity contribution is 0.0852. The van der Waals surface area contributed by atoms with Crippen molar-refractivity contribution in [2.45, 2.75) is 78.3 Å². The fourth-order valence-corrected chi connectivity index (χ4v) is 4.67. The number of hydrogen-bond donors (Lipinski definition) is 1. The van der Waals surface area contributed by atoms with Crippen LogP contribution in [0.2, 0.25) is 0 Å². The van der Waals surface area contributed by atoms with Gasteiger partial charge in [0.15, 0.2) is 5.69 Å². The van der Waals surface area contributed by atoms with Crippen LogP contribution in [0, 0.1) is 12.8 Å². The fraction of sp³-hybridized carbons (Fsp3) is 0.818. The Morgan fingerprint density at radius 1 is 1.14 bits per heavy atom. The number of carbonyl (C=O) groups excluding carboxylic acids is 1. The number of carbonyl (C=O) groups is 1. The van der Waals surface area contributed by atoms with E-state index in [0.717, 1.165) is 56.5 Å². The van der Waals surface area contributed by atoms with Gasteiger partial charge in [0.05, 0.1) is 0 Å². The van der Waals surface area contributed by atoms with Gasteiger partial charge in [-0.05, 0) is 72.0 Å². The summed E-state index contributed by atoms with van der Waals surface area (Å²) in [5, 5.41) is 7.34. The van der Waals surface area contributed by atoms with E-state index >= 15 is 0 Å². The second-order valence-electron chi connectivity index (χ2n) is 9.58. The summed E-state index contributed by atoms with van der Waals surface area (Å²) in [6, 6.07) is 0. The molecule has 3 heterocycles. The van der Waals surface area contributed by atoms with Gasteiger partial charge in [-0.1, -0.05) is 24.9 Å². The van der Waals surface area contributed by atoms with Crippen molar-refractivity contribution in [3.8, 4) is 0 Å². The van der Waals surface area contributed by atoms with Crippen LogP contribution in [0.1, 0.15) is 81.1 Å². The molecule has 2 saturated heterocycles. The topological polar surface area (TPSA) is 61.6 Å². The van der Waals surface area contributed by atoms with Crippen LogP contribution in [0.5, 0.6) is 0 Å². The van der Waals surface area contributed by atoms with E-state index in [2.05, 4.69) is 41.0 Å². The first-order valence-electron chi connectivity index (χ1n) is 11.1. The standard InChI is InChI=1S/C22H38N4O2/c1-17-10-9-13-26(14-17)16-22(3,4)23-21(27)20-19(18(2)28-24-20)15-25-11-7-5-6-8-12-25/h17H,5-16H2,1-4H3,(H,23,27)/t17-/m1/s1. The predicted octanol–water partition coefficient (Wildman–Crippen LogP) is 3.60. The number of piperidine rings is 1. The van der Waals surface area contributed by atoms with Gasteiger partial charge in [0.2, 0.25) is 0 Å². The molecule has 0 unspecified atom stereocenters. The molecule has 1 aromatic heterocycles. The van der Waals surface area contributed by atoms with E-state index in [4.69, 9.17) is 4.52 Å². The largest absolute Gasteiger partial charge is 0.361 e. The zero-order chi connectivity index (χ0) is 20.1. The van der Waals surface area contributed by atoms with E-state index in [1.54, 1.807) is 0 Å². The minimum atomic E-state index is -0.305. The van der Waals surface area contributed by atoms with Gasteiger partial charge in [0.25, 0.3) is 5.91 Å². The Hall–Kier alpha value is -1.40. The molecule has 6 heteroatoms. The predicted molar refractivity (Wildman–Crippen MR) is 111 cm³/mol.